The lowest BCUT2D eigenvalue weighted by Gasteiger charge is -2.40. The van der Waals surface area contributed by atoms with Crippen molar-refractivity contribution in [1.29, 1.82) is 0 Å². The van der Waals surface area contributed by atoms with Crippen LogP contribution in [-0.2, 0) is 18.9 Å². The molecule has 11 heteroatoms. The number of nitrogens with two attached hydrogens (primary N) is 1. The van der Waals surface area contributed by atoms with Gasteiger partial charge in [0.15, 0.2) is 6.29 Å². The summed E-state index contributed by atoms with van der Waals surface area (Å²) in [6.45, 7) is 0.00460. The smallest absolute Gasteiger partial charge is 0.325 e. The van der Waals surface area contributed by atoms with Crippen molar-refractivity contribution < 1.29 is 44.0 Å². The lowest BCUT2D eigenvalue weighted by atomic mass is 9.97. The number of hydrogen-bond donors (Lipinski definition) is 6. The maximum atomic E-state index is 10.8. The minimum absolute atomic E-state index is 0.0216. The molecule has 1 aliphatic heterocycles. The van der Waals surface area contributed by atoms with E-state index in [9.17, 15) is 19.9 Å². The Morgan fingerprint density at radius 3 is 2.30 bits per heavy atom. The van der Waals surface area contributed by atoms with Crippen molar-refractivity contribution >= 4 is 7.60 Å². The zero-order valence-corrected chi connectivity index (χ0v) is 11.5. The molecule has 0 aromatic rings. The van der Waals surface area contributed by atoms with Gasteiger partial charge in [-0.15, -0.1) is 0 Å². The van der Waals surface area contributed by atoms with Crippen LogP contribution in [0.2, 0.25) is 0 Å². The molecule has 1 rings (SSSR count). The highest BCUT2D eigenvalue weighted by atomic mass is 31.2. The highest BCUT2D eigenvalue weighted by Crippen LogP contribution is 2.37. The third-order valence-electron chi connectivity index (χ3n) is 2.86. The predicted molar refractivity (Wildman–Crippen MR) is 64.3 cm³/mol. The zero-order chi connectivity index (χ0) is 15.3. The van der Waals surface area contributed by atoms with Gasteiger partial charge < -0.3 is 39.4 Å². The van der Waals surface area contributed by atoms with E-state index < -0.39 is 44.5 Å². The molecule has 120 valence electrons. The average molecular weight is 317 g/mol. The van der Waals surface area contributed by atoms with Gasteiger partial charge >= 0.3 is 7.60 Å². The van der Waals surface area contributed by atoms with Gasteiger partial charge in [-0.05, 0) is 6.42 Å². The van der Waals surface area contributed by atoms with E-state index in [2.05, 4.69) is 4.84 Å². The van der Waals surface area contributed by atoms with Crippen molar-refractivity contribution in [2.75, 3.05) is 19.4 Å². The summed E-state index contributed by atoms with van der Waals surface area (Å²) < 4.78 is 21.1. The molecule has 7 N–H and O–H groups in total. The van der Waals surface area contributed by atoms with Crippen LogP contribution >= 0.6 is 7.60 Å². The van der Waals surface area contributed by atoms with Crippen LogP contribution in [0.3, 0.4) is 0 Å². The Morgan fingerprint density at radius 1 is 1.10 bits per heavy atom. The topological polar surface area (TPSA) is 172 Å². The molecule has 0 saturated carbocycles. The number of aliphatic hydroxyl groups excluding tert-OH is 3. The Balaban J connectivity index is 2.58. The van der Waals surface area contributed by atoms with Crippen LogP contribution in [0.25, 0.3) is 0 Å². The van der Waals surface area contributed by atoms with E-state index >= 15 is 0 Å². The highest BCUT2D eigenvalue weighted by molar-refractivity contribution is 7.51. The number of hydrogen-bond acceptors (Lipinski definition) is 8. The van der Waals surface area contributed by atoms with Gasteiger partial charge in [-0.3, -0.25) is 4.57 Å². The van der Waals surface area contributed by atoms with Crippen LogP contribution in [-0.4, -0.2) is 75.2 Å². The van der Waals surface area contributed by atoms with E-state index in [0.29, 0.717) is 0 Å². The molecule has 0 aromatic heterocycles. The minimum atomic E-state index is -4.25. The van der Waals surface area contributed by atoms with Gasteiger partial charge in [-0.2, -0.15) is 0 Å². The SMILES string of the molecule is NOCCO[C@H]1O[C@H](CCP(=O)(O)O)[C@@H](O)[C@H](O)[C@@H]1O. The van der Waals surface area contributed by atoms with E-state index in [1.54, 1.807) is 0 Å². The molecule has 1 saturated heterocycles. The van der Waals surface area contributed by atoms with Crippen molar-refractivity contribution in [2.45, 2.75) is 37.1 Å². The number of aliphatic hydroxyl groups is 3. The first-order valence-electron chi connectivity index (χ1n) is 5.94. The molecule has 0 aliphatic carbocycles. The van der Waals surface area contributed by atoms with Crippen LogP contribution in [0.5, 0.6) is 0 Å². The average Bonchev–Trinajstić information content (AvgIpc) is 2.36. The molecule has 1 fully saturated rings. The largest absolute Gasteiger partial charge is 0.388 e. The Hall–Kier alpha value is -0.130. The number of rotatable bonds is 7. The quantitative estimate of drug-likeness (QED) is 0.164. The Kier molecular flexibility index (Phi) is 6.95. The first-order chi connectivity index (χ1) is 9.26. The first kappa shape index (κ1) is 17.9. The number of ether oxygens (including phenoxy) is 2. The fraction of sp³-hybridized carbons (Fsp3) is 1.00. The molecule has 10 nitrogen and oxygen atoms in total. The van der Waals surface area contributed by atoms with Crippen molar-refractivity contribution in [1.82, 2.24) is 0 Å². The van der Waals surface area contributed by atoms with E-state index in [1.807, 2.05) is 0 Å². The molecule has 1 aliphatic rings. The lowest BCUT2D eigenvalue weighted by Crippen LogP contribution is -2.58. The molecule has 0 amide bonds. The lowest BCUT2D eigenvalue weighted by molar-refractivity contribution is -0.298. The summed E-state index contributed by atoms with van der Waals surface area (Å²) in [6, 6.07) is 0. The van der Waals surface area contributed by atoms with Crippen LogP contribution < -0.4 is 5.90 Å². The van der Waals surface area contributed by atoms with E-state index in [4.69, 9.17) is 25.2 Å². The molecule has 20 heavy (non-hydrogen) atoms. The van der Waals surface area contributed by atoms with E-state index in [0.717, 1.165) is 0 Å². The van der Waals surface area contributed by atoms with Crippen LogP contribution in [0.1, 0.15) is 6.42 Å². The second-order valence-corrected chi connectivity index (χ2v) is 6.21. The summed E-state index contributed by atoms with van der Waals surface area (Å²) >= 11 is 0. The molecule has 0 spiro atoms. The van der Waals surface area contributed by atoms with Gasteiger partial charge in [0, 0.05) is 0 Å². The fourth-order valence-corrected chi connectivity index (χ4v) is 2.39. The van der Waals surface area contributed by atoms with Gasteiger partial charge in [0.25, 0.3) is 0 Å². The van der Waals surface area contributed by atoms with Gasteiger partial charge in [-0.25, -0.2) is 5.90 Å². The highest BCUT2D eigenvalue weighted by Gasteiger charge is 2.44. The molecule has 0 bridgehead atoms. The van der Waals surface area contributed by atoms with E-state index in [-0.39, 0.29) is 19.6 Å². The third-order valence-corrected chi connectivity index (χ3v) is 3.70. The monoisotopic (exact) mass is 317 g/mol. The molecule has 1 heterocycles. The predicted octanol–water partition coefficient (Wildman–Crippen LogP) is -2.73. The van der Waals surface area contributed by atoms with Gasteiger partial charge in [0.05, 0.1) is 25.5 Å². The summed E-state index contributed by atoms with van der Waals surface area (Å²) in [6.07, 6.45) is -7.53. The minimum Gasteiger partial charge on any atom is -0.388 e. The zero-order valence-electron chi connectivity index (χ0n) is 10.6. The maximum absolute atomic E-state index is 10.8. The summed E-state index contributed by atoms with van der Waals surface area (Å²) in [7, 11) is -4.25. The fourth-order valence-electron chi connectivity index (χ4n) is 1.80. The summed E-state index contributed by atoms with van der Waals surface area (Å²) in [5.41, 5.74) is 0. The second kappa shape index (κ2) is 7.76. The molecule has 0 unspecified atom stereocenters. The standard InChI is InChI=1S/C9H20NO9P/c10-18-3-2-17-9-8(13)7(12)6(11)5(19-9)1-4-20(14,15)16/h5-9,11-13H,1-4,10H2,(H2,14,15,16)/t5-,6-,7+,8+,9+/m1/s1. The van der Waals surface area contributed by atoms with Crippen LogP contribution in [0.15, 0.2) is 0 Å². The van der Waals surface area contributed by atoms with E-state index in [1.165, 1.54) is 0 Å². The Morgan fingerprint density at radius 2 is 1.75 bits per heavy atom. The van der Waals surface area contributed by atoms with Crippen LogP contribution in [0.4, 0.5) is 0 Å². The Labute approximate surface area is 115 Å². The van der Waals surface area contributed by atoms with Gasteiger partial charge in [0.1, 0.15) is 18.3 Å². The van der Waals surface area contributed by atoms with Crippen molar-refractivity contribution in [3.05, 3.63) is 0 Å². The third kappa shape index (κ3) is 5.34. The first-order valence-corrected chi connectivity index (χ1v) is 7.73. The molecule has 5 atom stereocenters. The molecular weight excluding hydrogens is 297 g/mol. The summed E-state index contributed by atoms with van der Waals surface area (Å²) in [5, 5.41) is 29.0. The molecule has 0 radical (unpaired) electrons. The molecular formula is C9H20NO9P. The Bertz CT molecular complexity index is 337. The van der Waals surface area contributed by atoms with Crippen molar-refractivity contribution in [3.8, 4) is 0 Å². The van der Waals surface area contributed by atoms with Crippen molar-refractivity contribution in [3.63, 3.8) is 0 Å². The summed E-state index contributed by atoms with van der Waals surface area (Å²) in [4.78, 5) is 21.8. The maximum Gasteiger partial charge on any atom is 0.325 e. The molecule has 0 aromatic carbocycles. The van der Waals surface area contributed by atoms with Gasteiger partial charge in [-0.1, -0.05) is 0 Å². The second-order valence-electron chi connectivity index (χ2n) is 4.43. The summed E-state index contributed by atoms with van der Waals surface area (Å²) in [5.74, 6) is 4.79. The van der Waals surface area contributed by atoms with Gasteiger partial charge in [0.2, 0.25) is 0 Å². The normalized spacial score (nSPS) is 35.2. The van der Waals surface area contributed by atoms with Crippen molar-refractivity contribution in [2.24, 2.45) is 5.90 Å². The van der Waals surface area contributed by atoms with Crippen LogP contribution in [0, 0.1) is 0 Å².